The Balaban J connectivity index is 1.50. The van der Waals surface area contributed by atoms with Gasteiger partial charge in [-0.25, -0.2) is 0 Å². The van der Waals surface area contributed by atoms with Gasteiger partial charge in [-0.1, -0.05) is 12.1 Å². The molecule has 0 unspecified atom stereocenters. The van der Waals surface area contributed by atoms with Crippen molar-refractivity contribution in [3.63, 3.8) is 0 Å². The molecule has 1 saturated heterocycles. The summed E-state index contributed by atoms with van der Waals surface area (Å²) >= 11 is 0. The fraction of sp³-hybridized carbons (Fsp3) is 0.318. The molecule has 0 radical (unpaired) electrons. The van der Waals surface area contributed by atoms with E-state index in [0.717, 1.165) is 29.9 Å². The molecule has 2 heterocycles. The maximum absolute atomic E-state index is 13.0. The largest absolute Gasteiger partial charge is 0.374 e. The van der Waals surface area contributed by atoms with Crippen molar-refractivity contribution in [1.29, 1.82) is 0 Å². The number of carbonyl (C=O) groups is 3. The zero-order valence-corrected chi connectivity index (χ0v) is 16.6. The Morgan fingerprint density at radius 3 is 2.66 bits per heavy atom. The molecular weight excluding hydrogens is 368 g/mol. The molecule has 4 rings (SSSR count). The van der Waals surface area contributed by atoms with Gasteiger partial charge in [-0.2, -0.15) is 0 Å². The Morgan fingerprint density at radius 1 is 1.14 bits per heavy atom. The minimum absolute atomic E-state index is 0.00307. The molecule has 7 nitrogen and oxygen atoms in total. The maximum Gasteiger partial charge on any atom is 0.249 e. The van der Waals surface area contributed by atoms with Gasteiger partial charge in [0, 0.05) is 24.3 Å². The van der Waals surface area contributed by atoms with Crippen LogP contribution in [0.3, 0.4) is 0 Å². The van der Waals surface area contributed by atoms with E-state index in [0.29, 0.717) is 17.8 Å². The van der Waals surface area contributed by atoms with Gasteiger partial charge in [0.15, 0.2) is 0 Å². The summed E-state index contributed by atoms with van der Waals surface area (Å²) in [6.45, 7) is 4.49. The molecule has 0 bridgehead atoms. The smallest absolute Gasteiger partial charge is 0.249 e. The molecule has 0 spiro atoms. The van der Waals surface area contributed by atoms with Gasteiger partial charge in [-0.3, -0.25) is 19.3 Å². The normalized spacial score (nSPS) is 17.0. The quantitative estimate of drug-likeness (QED) is 0.838. The topological polar surface area (TPSA) is 81.8 Å². The first-order valence-corrected chi connectivity index (χ1v) is 9.82. The summed E-state index contributed by atoms with van der Waals surface area (Å²) in [5.41, 5.74) is 4.03. The zero-order valence-electron chi connectivity index (χ0n) is 16.6. The van der Waals surface area contributed by atoms with Gasteiger partial charge >= 0.3 is 0 Å². The lowest BCUT2D eigenvalue weighted by Gasteiger charge is -2.31. The summed E-state index contributed by atoms with van der Waals surface area (Å²) in [6, 6.07) is 12.5. The highest BCUT2D eigenvalue weighted by molar-refractivity contribution is 6.11. The number of amides is 3. The number of carbonyl (C=O) groups excluding carboxylic acids is 3. The second-order valence-electron chi connectivity index (χ2n) is 7.51. The van der Waals surface area contributed by atoms with Crippen molar-refractivity contribution < 1.29 is 14.4 Å². The van der Waals surface area contributed by atoms with Gasteiger partial charge in [0.25, 0.3) is 0 Å². The minimum Gasteiger partial charge on any atom is -0.374 e. The fourth-order valence-electron chi connectivity index (χ4n) is 3.93. The van der Waals surface area contributed by atoms with Crippen molar-refractivity contribution >= 4 is 40.5 Å². The summed E-state index contributed by atoms with van der Waals surface area (Å²) in [6.07, 6.45) is 1.48. The fourth-order valence-corrected chi connectivity index (χ4v) is 3.93. The first kappa shape index (κ1) is 19.0. The van der Waals surface area contributed by atoms with Gasteiger partial charge in [-0.05, 0) is 56.2 Å². The van der Waals surface area contributed by atoms with Crippen molar-refractivity contribution in [2.24, 2.45) is 0 Å². The molecule has 1 fully saturated rings. The first-order valence-electron chi connectivity index (χ1n) is 9.82. The van der Waals surface area contributed by atoms with Crippen molar-refractivity contribution in [3.05, 3.63) is 48.0 Å². The van der Waals surface area contributed by atoms with Crippen molar-refractivity contribution in [3.8, 4) is 0 Å². The molecule has 3 amide bonds. The van der Waals surface area contributed by atoms with E-state index in [4.69, 9.17) is 0 Å². The summed E-state index contributed by atoms with van der Waals surface area (Å²) < 4.78 is 0. The molecule has 0 aromatic heterocycles. The van der Waals surface area contributed by atoms with Crippen LogP contribution in [0.1, 0.15) is 25.3 Å². The van der Waals surface area contributed by atoms with Crippen molar-refractivity contribution in [1.82, 2.24) is 0 Å². The Kier molecular flexibility index (Phi) is 4.96. The van der Waals surface area contributed by atoms with E-state index in [1.165, 1.54) is 4.90 Å². The Morgan fingerprint density at radius 2 is 1.93 bits per heavy atom. The monoisotopic (exact) mass is 392 g/mol. The molecule has 2 aliphatic heterocycles. The highest BCUT2D eigenvalue weighted by Crippen LogP contribution is 2.30. The summed E-state index contributed by atoms with van der Waals surface area (Å²) in [4.78, 5) is 40.4. The average molecular weight is 392 g/mol. The van der Waals surface area contributed by atoms with Crippen LogP contribution >= 0.6 is 0 Å². The number of nitrogens with zero attached hydrogens (tertiary/aromatic N) is 2. The van der Waals surface area contributed by atoms with Crippen LogP contribution in [0.5, 0.6) is 0 Å². The predicted molar refractivity (Wildman–Crippen MR) is 113 cm³/mol. The molecule has 2 aromatic rings. The van der Waals surface area contributed by atoms with Crippen LogP contribution in [0.4, 0.5) is 22.7 Å². The van der Waals surface area contributed by atoms with Crippen LogP contribution in [0.2, 0.25) is 0 Å². The molecule has 29 heavy (non-hydrogen) atoms. The number of fused-ring (bicyclic) bond motifs is 1. The van der Waals surface area contributed by atoms with E-state index >= 15 is 0 Å². The molecule has 2 aliphatic rings. The van der Waals surface area contributed by atoms with Crippen LogP contribution in [-0.2, 0) is 14.4 Å². The number of anilines is 4. The maximum atomic E-state index is 13.0. The summed E-state index contributed by atoms with van der Waals surface area (Å²) in [5, 5.41) is 6.02. The molecule has 0 aliphatic carbocycles. The average Bonchev–Trinajstić information content (AvgIpc) is 3.12. The summed E-state index contributed by atoms with van der Waals surface area (Å²) in [5.74, 6) is -0.233. The third-order valence-corrected chi connectivity index (χ3v) is 5.35. The van der Waals surface area contributed by atoms with Crippen LogP contribution < -0.4 is 20.4 Å². The van der Waals surface area contributed by atoms with E-state index in [1.807, 2.05) is 48.2 Å². The minimum atomic E-state index is -0.521. The van der Waals surface area contributed by atoms with E-state index in [9.17, 15) is 14.4 Å². The lowest BCUT2D eigenvalue weighted by atomic mass is 10.1. The van der Waals surface area contributed by atoms with Crippen LogP contribution in [-0.4, -0.2) is 36.9 Å². The third kappa shape index (κ3) is 3.68. The number of aryl methyl sites for hydroxylation is 1. The van der Waals surface area contributed by atoms with Gasteiger partial charge in [0.2, 0.25) is 17.7 Å². The van der Waals surface area contributed by atoms with Crippen LogP contribution in [0.25, 0.3) is 0 Å². The van der Waals surface area contributed by atoms with Gasteiger partial charge in [-0.15, -0.1) is 0 Å². The highest BCUT2D eigenvalue weighted by atomic mass is 16.2. The molecular formula is C22H24N4O3. The number of rotatable bonds is 4. The predicted octanol–water partition coefficient (Wildman–Crippen LogP) is 2.91. The van der Waals surface area contributed by atoms with E-state index in [2.05, 4.69) is 10.6 Å². The zero-order chi connectivity index (χ0) is 20.5. The van der Waals surface area contributed by atoms with E-state index in [1.54, 1.807) is 13.0 Å². The summed E-state index contributed by atoms with van der Waals surface area (Å²) in [7, 11) is 0. The number of nitrogens with one attached hydrogen (secondary N) is 2. The number of hydrogen-bond acceptors (Lipinski definition) is 4. The lowest BCUT2D eigenvalue weighted by molar-refractivity contribution is -0.122. The third-order valence-electron chi connectivity index (χ3n) is 5.35. The molecule has 2 aromatic carbocycles. The SMILES string of the molecule is Cc1cc(N[C@@H](C)C(=O)N2CC(=O)Nc3ccccc32)ccc1N1CCCC1=O. The van der Waals surface area contributed by atoms with Crippen molar-refractivity contribution in [2.45, 2.75) is 32.7 Å². The number of hydrogen-bond donors (Lipinski definition) is 2. The Labute approximate surface area is 169 Å². The lowest BCUT2D eigenvalue weighted by Crippen LogP contribution is -2.47. The van der Waals surface area contributed by atoms with Crippen LogP contribution in [0, 0.1) is 6.92 Å². The second-order valence-corrected chi connectivity index (χ2v) is 7.51. The second kappa shape index (κ2) is 7.58. The van der Waals surface area contributed by atoms with Gasteiger partial charge in [0.1, 0.15) is 12.6 Å². The van der Waals surface area contributed by atoms with Crippen LogP contribution in [0.15, 0.2) is 42.5 Å². The van der Waals surface area contributed by atoms with Gasteiger partial charge < -0.3 is 15.5 Å². The first-order chi connectivity index (χ1) is 13.9. The Hall–Kier alpha value is -3.35. The molecule has 2 N–H and O–H groups in total. The Bertz CT molecular complexity index is 988. The van der Waals surface area contributed by atoms with E-state index < -0.39 is 6.04 Å². The number of para-hydroxylation sites is 2. The highest BCUT2D eigenvalue weighted by Gasteiger charge is 2.30. The standard InChI is InChI=1S/C22H24N4O3/c1-14-12-16(9-10-18(14)25-11-5-8-21(25)28)23-15(2)22(29)26-13-20(27)24-17-6-3-4-7-19(17)26/h3-4,6-7,9-10,12,15,23H,5,8,11,13H2,1-2H3,(H,24,27)/t15-/m0/s1. The van der Waals surface area contributed by atoms with Gasteiger partial charge in [0.05, 0.1) is 11.4 Å². The van der Waals surface area contributed by atoms with E-state index in [-0.39, 0.29) is 24.3 Å². The molecule has 1 atom stereocenters. The van der Waals surface area contributed by atoms with Crippen molar-refractivity contribution in [2.75, 3.05) is 33.5 Å². The molecule has 7 heteroatoms. The number of benzene rings is 2. The molecule has 0 saturated carbocycles. The molecule has 150 valence electrons.